The SMILES string of the molecule is CCC(=O)N(Cc1ccc(OS(C)(=O)=O)cc1)[C@H](C)CC. The minimum absolute atomic E-state index is 0.112. The first-order valence-electron chi connectivity index (χ1n) is 7.04. The average Bonchev–Trinajstić information content (AvgIpc) is 2.43. The van der Waals surface area contributed by atoms with Crippen LogP contribution < -0.4 is 4.18 Å². The van der Waals surface area contributed by atoms with Crippen molar-refractivity contribution in [2.45, 2.75) is 46.2 Å². The summed E-state index contributed by atoms with van der Waals surface area (Å²) in [6, 6.07) is 6.92. The van der Waals surface area contributed by atoms with Crippen LogP contribution >= 0.6 is 0 Å². The summed E-state index contributed by atoms with van der Waals surface area (Å²) in [7, 11) is -3.51. The van der Waals surface area contributed by atoms with Gasteiger partial charge in [-0.05, 0) is 31.0 Å². The molecule has 0 N–H and O–H groups in total. The van der Waals surface area contributed by atoms with E-state index in [0.29, 0.717) is 13.0 Å². The zero-order valence-corrected chi connectivity index (χ0v) is 13.8. The van der Waals surface area contributed by atoms with Crippen LogP contribution in [0.1, 0.15) is 39.2 Å². The maximum atomic E-state index is 12.0. The maximum absolute atomic E-state index is 12.0. The number of benzene rings is 1. The molecule has 0 unspecified atom stereocenters. The van der Waals surface area contributed by atoms with Crippen molar-refractivity contribution in [3.8, 4) is 5.75 Å². The number of nitrogens with zero attached hydrogens (tertiary/aromatic N) is 1. The lowest BCUT2D eigenvalue weighted by Crippen LogP contribution is -2.37. The van der Waals surface area contributed by atoms with Crippen molar-refractivity contribution >= 4 is 16.0 Å². The number of rotatable bonds is 7. The average molecular weight is 313 g/mol. The monoisotopic (exact) mass is 313 g/mol. The van der Waals surface area contributed by atoms with E-state index in [1.165, 1.54) is 0 Å². The number of hydrogen-bond donors (Lipinski definition) is 0. The van der Waals surface area contributed by atoms with E-state index in [9.17, 15) is 13.2 Å². The minimum atomic E-state index is -3.51. The summed E-state index contributed by atoms with van der Waals surface area (Å²) in [6.45, 7) is 6.43. The van der Waals surface area contributed by atoms with E-state index in [2.05, 4.69) is 0 Å². The fraction of sp³-hybridized carbons (Fsp3) is 0.533. The van der Waals surface area contributed by atoms with Gasteiger partial charge in [-0.15, -0.1) is 0 Å². The Morgan fingerprint density at radius 3 is 2.24 bits per heavy atom. The molecule has 0 aliphatic carbocycles. The van der Waals surface area contributed by atoms with Crippen molar-refractivity contribution in [1.82, 2.24) is 4.90 Å². The van der Waals surface area contributed by atoms with Crippen LogP contribution in [0.15, 0.2) is 24.3 Å². The lowest BCUT2D eigenvalue weighted by molar-refractivity contribution is -0.133. The summed E-state index contributed by atoms with van der Waals surface area (Å²) in [5.74, 6) is 0.388. The molecule has 0 saturated carbocycles. The number of carbonyl (C=O) groups excluding carboxylic acids is 1. The van der Waals surface area contributed by atoms with E-state index in [0.717, 1.165) is 18.2 Å². The molecular weight excluding hydrogens is 290 g/mol. The Kier molecular flexibility index (Phi) is 6.20. The topological polar surface area (TPSA) is 63.7 Å². The molecule has 0 spiro atoms. The molecule has 21 heavy (non-hydrogen) atoms. The van der Waals surface area contributed by atoms with Gasteiger partial charge in [0, 0.05) is 19.0 Å². The predicted molar refractivity (Wildman–Crippen MR) is 82.5 cm³/mol. The zero-order valence-electron chi connectivity index (χ0n) is 13.0. The second kappa shape index (κ2) is 7.45. The van der Waals surface area contributed by atoms with Crippen LogP contribution in [0.4, 0.5) is 0 Å². The normalized spacial score (nSPS) is 12.8. The Morgan fingerprint density at radius 1 is 1.24 bits per heavy atom. The molecule has 5 nitrogen and oxygen atoms in total. The molecule has 0 aromatic heterocycles. The lowest BCUT2D eigenvalue weighted by atomic mass is 10.1. The smallest absolute Gasteiger partial charge is 0.306 e. The Morgan fingerprint density at radius 2 is 1.81 bits per heavy atom. The molecule has 0 radical (unpaired) electrons. The Balaban J connectivity index is 2.83. The lowest BCUT2D eigenvalue weighted by Gasteiger charge is -2.28. The van der Waals surface area contributed by atoms with E-state index in [-0.39, 0.29) is 17.7 Å². The van der Waals surface area contributed by atoms with E-state index in [1.807, 2.05) is 25.7 Å². The van der Waals surface area contributed by atoms with Crippen molar-refractivity contribution in [1.29, 1.82) is 0 Å². The highest BCUT2D eigenvalue weighted by Gasteiger charge is 2.17. The summed E-state index contributed by atoms with van der Waals surface area (Å²) < 4.78 is 26.9. The molecule has 0 bridgehead atoms. The van der Waals surface area contributed by atoms with Gasteiger partial charge in [0.25, 0.3) is 0 Å². The molecule has 1 atom stereocenters. The quantitative estimate of drug-likeness (QED) is 0.726. The van der Waals surface area contributed by atoms with E-state index >= 15 is 0 Å². The molecule has 1 rings (SSSR count). The molecule has 1 aromatic rings. The molecule has 0 aliphatic rings. The van der Waals surface area contributed by atoms with Crippen LogP contribution in [0, 0.1) is 0 Å². The molecular formula is C15H23NO4S. The van der Waals surface area contributed by atoms with Gasteiger partial charge in [-0.1, -0.05) is 26.0 Å². The van der Waals surface area contributed by atoms with Crippen molar-refractivity contribution in [3.05, 3.63) is 29.8 Å². The first kappa shape index (κ1) is 17.5. The molecule has 0 fully saturated rings. The van der Waals surface area contributed by atoms with Gasteiger partial charge < -0.3 is 9.08 Å². The Bertz CT molecular complexity index is 566. The second-order valence-corrected chi connectivity index (χ2v) is 6.64. The summed E-state index contributed by atoms with van der Waals surface area (Å²) in [5.41, 5.74) is 0.943. The van der Waals surface area contributed by atoms with Gasteiger partial charge in [0.15, 0.2) is 0 Å². The fourth-order valence-electron chi connectivity index (χ4n) is 1.94. The predicted octanol–water partition coefficient (Wildman–Crippen LogP) is 2.56. The molecule has 0 saturated heterocycles. The van der Waals surface area contributed by atoms with Gasteiger partial charge in [0.2, 0.25) is 5.91 Å². The van der Waals surface area contributed by atoms with Gasteiger partial charge in [0.1, 0.15) is 5.75 Å². The zero-order chi connectivity index (χ0) is 16.0. The maximum Gasteiger partial charge on any atom is 0.306 e. The molecule has 0 aliphatic heterocycles. The summed E-state index contributed by atoms with van der Waals surface area (Å²) in [4.78, 5) is 13.8. The van der Waals surface area contributed by atoms with Crippen molar-refractivity contribution in [3.63, 3.8) is 0 Å². The first-order valence-corrected chi connectivity index (χ1v) is 8.86. The first-order chi connectivity index (χ1) is 9.76. The van der Waals surface area contributed by atoms with Gasteiger partial charge in [-0.3, -0.25) is 4.79 Å². The highest BCUT2D eigenvalue weighted by molar-refractivity contribution is 7.86. The van der Waals surface area contributed by atoms with E-state index < -0.39 is 10.1 Å². The number of carbonyl (C=O) groups is 1. The summed E-state index contributed by atoms with van der Waals surface area (Å²) >= 11 is 0. The van der Waals surface area contributed by atoms with Gasteiger partial charge in [0.05, 0.1) is 6.26 Å². The van der Waals surface area contributed by atoms with Gasteiger partial charge in [-0.2, -0.15) is 8.42 Å². The Hall–Kier alpha value is -1.56. The number of hydrogen-bond acceptors (Lipinski definition) is 4. The van der Waals surface area contributed by atoms with Crippen LogP contribution in [0.2, 0.25) is 0 Å². The third-order valence-electron chi connectivity index (χ3n) is 3.27. The standard InChI is InChI=1S/C15H23NO4S/c1-5-12(3)16(15(17)6-2)11-13-7-9-14(10-8-13)20-21(4,18)19/h7-10,12H,5-6,11H2,1-4H3/t12-/m1/s1. The third-order valence-corrected chi connectivity index (χ3v) is 3.76. The fourth-order valence-corrected chi connectivity index (χ4v) is 2.40. The van der Waals surface area contributed by atoms with Gasteiger partial charge >= 0.3 is 10.1 Å². The van der Waals surface area contributed by atoms with Crippen LogP contribution in [0.3, 0.4) is 0 Å². The second-order valence-electron chi connectivity index (χ2n) is 5.06. The summed E-state index contributed by atoms with van der Waals surface area (Å²) in [6.07, 6.45) is 2.37. The van der Waals surface area contributed by atoms with Crippen LogP contribution in [-0.4, -0.2) is 31.5 Å². The van der Waals surface area contributed by atoms with Crippen LogP contribution in [0.25, 0.3) is 0 Å². The van der Waals surface area contributed by atoms with Crippen molar-refractivity contribution in [2.24, 2.45) is 0 Å². The van der Waals surface area contributed by atoms with Crippen LogP contribution in [-0.2, 0) is 21.5 Å². The van der Waals surface area contributed by atoms with E-state index in [4.69, 9.17) is 4.18 Å². The molecule has 6 heteroatoms. The van der Waals surface area contributed by atoms with Crippen molar-refractivity contribution in [2.75, 3.05) is 6.26 Å². The Labute approximate surface area is 127 Å². The molecule has 118 valence electrons. The largest absolute Gasteiger partial charge is 0.383 e. The number of amides is 1. The highest BCUT2D eigenvalue weighted by Crippen LogP contribution is 2.17. The van der Waals surface area contributed by atoms with Crippen LogP contribution in [0.5, 0.6) is 5.75 Å². The minimum Gasteiger partial charge on any atom is -0.383 e. The molecule has 0 heterocycles. The third kappa shape index (κ3) is 5.75. The van der Waals surface area contributed by atoms with Gasteiger partial charge in [-0.25, -0.2) is 0 Å². The summed E-state index contributed by atoms with van der Waals surface area (Å²) in [5, 5.41) is 0. The van der Waals surface area contributed by atoms with Crippen molar-refractivity contribution < 1.29 is 17.4 Å². The van der Waals surface area contributed by atoms with E-state index in [1.54, 1.807) is 24.3 Å². The molecule has 1 amide bonds. The molecule has 1 aromatic carbocycles. The highest BCUT2D eigenvalue weighted by atomic mass is 32.2.